The van der Waals surface area contributed by atoms with E-state index in [-0.39, 0.29) is 18.1 Å². The summed E-state index contributed by atoms with van der Waals surface area (Å²) in [5, 5.41) is 10.5. The monoisotopic (exact) mass is 469 g/mol. The first-order valence-electron chi connectivity index (χ1n) is 12.5. The average molecular weight is 470 g/mol. The highest BCUT2D eigenvalue weighted by Crippen LogP contribution is 2.37. The van der Waals surface area contributed by atoms with Crippen LogP contribution in [-0.2, 0) is 9.53 Å². The molecule has 10 heteroatoms. The fourth-order valence-corrected chi connectivity index (χ4v) is 5.51. The van der Waals surface area contributed by atoms with Crippen molar-refractivity contribution in [1.82, 2.24) is 25.1 Å². The number of rotatable bonds is 7. The minimum atomic E-state index is -0.00353. The zero-order chi connectivity index (χ0) is 23.7. The lowest BCUT2D eigenvalue weighted by Gasteiger charge is -2.50. The molecule has 0 aromatic carbocycles. The second-order valence-corrected chi connectivity index (χ2v) is 9.69. The van der Waals surface area contributed by atoms with Gasteiger partial charge in [-0.15, -0.1) is 0 Å². The van der Waals surface area contributed by atoms with Gasteiger partial charge < -0.3 is 24.6 Å². The number of aryl methyl sites for hydroxylation is 1. The van der Waals surface area contributed by atoms with Crippen molar-refractivity contribution in [3.63, 3.8) is 0 Å². The Morgan fingerprint density at radius 2 is 2.03 bits per heavy atom. The van der Waals surface area contributed by atoms with Crippen LogP contribution in [0.1, 0.15) is 57.6 Å². The molecule has 2 N–H and O–H groups in total. The summed E-state index contributed by atoms with van der Waals surface area (Å²) in [6.07, 6.45) is 6.63. The molecular weight excluding hydrogens is 434 g/mol. The van der Waals surface area contributed by atoms with Gasteiger partial charge in [0.15, 0.2) is 5.82 Å². The summed E-state index contributed by atoms with van der Waals surface area (Å²) in [6.45, 7) is 5.20. The van der Waals surface area contributed by atoms with E-state index in [0.717, 1.165) is 37.8 Å². The maximum atomic E-state index is 12.6. The second-order valence-electron chi connectivity index (χ2n) is 9.69. The predicted molar refractivity (Wildman–Crippen MR) is 128 cm³/mol. The number of aromatic amines is 1. The molecule has 0 radical (unpaired) electrons. The van der Waals surface area contributed by atoms with Crippen LogP contribution in [0.15, 0.2) is 12.1 Å². The van der Waals surface area contributed by atoms with Crippen LogP contribution in [0.3, 0.4) is 0 Å². The molecule has 34 heavy (non-hydrogen) atoms. The first kappa shape index (κ1) is 22.9. The Hall–Kier alpha value is -2.88. The summed E-state index contributed by atoms with van der Waals surface area (Å²) in [7, 11) is 2.05. The van der Waals surface area contributed by atoms with Gasteiger partial charge in [0, 0.05) is 55.8 Å². The van der Waals surface area contributed by atoms with Crippen molar-refractivity contribution < 1.29 is 14.3 Å². The highest BCUT2D eigenvalue weighted by molar-refractivity contribution is 5.77. The van der Waals surface area contributed by atoms with E-state index in [9.17, 15) is 4.79 Å². The predicted octanol–water partition coefficient (Wildman–Crippen LogP) is 3.18. The van der Waals surface area contributed by atoms with Gasteiger partial charge in [0.1, 0.15) is 11.9 Å². The minimum absolute atomic E-state index is 0.00353. The number of ether oxygens (including phenoxy) is 2. The number of piperidine rings is 2. The molecule has 3 aliphatic rings. The number of H-pyrrole nitrogens is 1. The molecule has 184 valence electrons. The van der Waals surface area contributed by atoms with Crippen LogP contribution < -0.4 is 15.0 Å². The van der Waals surface area contributed by atoms with E-state index in [1.807, 2.05) is 26.0 Å². The van der Waals surface area contributed by atoms with E-state index < -0.39 is 0 Å². The number of carbonyl (C=O) groups is 1. The van der Waals surface area contributed by atoms with E-state index >= 15 is 0 Å². The summed E-state index contributed by atoms with van der Waals surface area (Å²) in [5.41, 5.74) is 0.966. The number of nitrogens with one attached hydrogen (secondary N) is 2. The normalized spacial score (nSPS) is 26.4. The van der Waals surface area contributed by atoms with Gasteiger partial charge >= 0.3 is 0 Å². The number of nitrogens with zero attached hydrogens (tertiary/aromatic N) is 5. The fourth-order valence-electron chi connectivity index (χ4n) is 5.51. The quantitative estimate of drug-likeness (QED) is 0.637. The molecule has 5 rings (SSSR count). The number of anilines is 3. The summed E-state index contributed by atoms with van der Waals surface area (Å²) in [6, 6.07) is 4.61. The van der Waals surface area contributed by atoms with Crippen LogP contribution in [0, 0.1) is 6.92 Å². The fraction of sp³-hybridized carbons (Fsp3) is 0.667. The smallest absolute Gasteiger partial charge is 0.230 e. The molecule has 3 fully saturated rings. The number of hydrogen-bond acceptors (Lipinski definition) is 8. The van der Waals surface area contributed by atoms with Gasteiger partial charge in [-0.2, -0.15) is 15.1 Å². The lowest BCUT2D eigenvalue weighted by molar-refractivity contribution is -0.140. The molecule has 2 aromatic heterocycles. The summed E-state index contributed by atoms with van der Waals surface area (Å²) < 4.78 is 11.6. The van der Waals surface area contributed by atoms with E-state index in [1.165, 1.54) is 6.42 Å². The largest absolute Gasteiger partial charge is 0.472 e. The first-order valence-corrected chi connectivity index (χ1v) is 12.5. The summed E-state index contributed by atoms with van der Waals surface area (Å²) in [4.78, 5) is 26.5. The Morgan fingerprint density at radius 1 is 1.24 bits per heavy atom. The third-order valence-electron chi connectivity index (χ3n) is 7.23. The Bertz CT molecular complexity index is 992. The number of hydrogen-bond donors (Lipinski definition) is 2. The van der Waals surface area contributed by atoms with Crippen molar-refractivity contribution in [2.24, 2.45) is 0 Å². The molecule has 0 aliphatic carbocycles. The highest BCUT2D eigenvalue weighted by atomic mass is 16.5. The Kier molecular flexibility index (Phi) is 6.58. The van der Waals surface area contributed by atoms with Crippen LogP contribution in [0.2, 0.25) is 0 Å². The zero-order valence-corrected chi connectivity index (χ0v) is 20.3. The van der Waals surface area contributed by atoms with E-state index in [1.54, 1.807) is 0 Å². The average Bonchev–Trinajstić information content (AvgIpc) is 3.48. The zero-order valence-electron chi connectivity index (χ0n) is 20.3. The molecule has 2 aromatic rings. The van der Waals surface area contributed by atoms with Crippen molar-refractivity contribution in [2.75, 3.05) is 30.5 Å². The van der Waals surface area contributed by atoms with Gasteiger partial charge in [0.05, 0.1) is 13.2 Å². The van der Waals surface area contributed by atoms with Gasteiger partial charge in [-0.25, -0.2) is 0 Å². The molecule has 5 heterocycles. The van der Waals surface area contributed by atoms with Gasteiger partial charge in [-0.05, 0) is 39.0 Å². The topological polar surface area (TPSA) is 109 Å². The third kappa shape index (κ3) is 4.82. The first-order chi connectivity index (χ1) is 16.5. The molecule has 3 aliphatic heterocycles. The molecular formula is C24H35N7O3. The number of amides is 1. The van der Waals surface area contributed by atoms with Crippen LogP contribution >= 0.6 is 0 Å². The van der Waals surface area contributed by atoms with Gasteiger partial charge in [0.25, 0.3) is 0 Å². The lowest BCUT2D eigenvalue weighted by Crippen LogP contribution is -2.58. The van der Waals surface area contributed by atoms with Gasteiger partial charge in [-0.3, -0.25) is 9.89 Å². The standard InChI is InChI=1S/C24H35N7O3/c1-4-23(32)31-16-6-5-7-17(31)12-18(11-16)30(3)24-26-20(25-21-10-15(2)28-29-21)13-22(27-24)34-19-8-9-33-14-19/h10,13,16-19H,4-9,11-12,14H2,1-3H3,(H2,25,26,27,28,29)/t16-,17+,18-,19?. The third-order valence-corrected chi connectivity index (χ3v) is 7.23. The van der Waals surface area contributed by atoms with Crippen LogP contribution in [-0.4, -0.2) is 75.5 Å². The van der Waals surface area contributed by atoms with Crippen molar-refractivity contribution in [1.29, 1.82) is 0 Å². The second kappa shape index (κ2) is 9.77. The molecule has 0 spiro atoms. The van der Waals surface area contributed by atoms with Crippen LogP contribution in [0.5, 0.6) is 5.88 Å². The maximum absolute atomic E-state index is 12.6. The van der Waals surface area contributed by atoms with Gasteiger partial charge in [-0.1, -0.05) is 6.92 Å². The van der Waals surface area contributed by atoms with E-state index in [0.29, 0.717) is 55.2 Å². The van der Waals surface area contributed by atoms with Crippen LogP contribution in [0.4, 0.5) is 17.6 Å². The van der Waals surface area contributed by atoms with Crippen LogP contribution in [0.25, 0.3) is 0 Å². The molecule has 10 nitrogen and oxygen atoms in total. The summed E-state index contributed by atoms with van der Waals surface area (Å²) >= 11 is 0. The molecule has 1 unspecified atom stereocenters. The van der Waals surface area contributed by atoms with Crippen molar-refractivity contribution in [3.05, 3.63) is 17.8 Å². The Balaban J connectivity index is 1.38. The van der Waals surface area contributed by atoms with E-state index in [4.69, 9.17) is 19.4 Å². The summed E-state index contributed by atoms with van der Waals surface area (Å²) in [5.74, 6) is 2.75. The Labute approximate surface area is 200 Å². The SMILES string of the molecule is CCC(=O)N1[C@@H]2CCC[C@H]1C[C@H](N(C)c1nc(Nc3cc(C)[nH]n3)cc(OC3CCOC3)n1)C2. The van der Waals surface area contributed by atoms with Crippen molar-refractivity contribution in [2.45, 2.75) is 83.0 Å². The molecule has 3 saturated heterocycles. The lowest BCUT2D eigenvalue weighted by atomic mass is 9.81. The Morgan fingerprint density at radius 3 is 2.68 bits per heavy atom. The number of carbonyl (C=O) groups excluding carboxylic acids is 1. The van der Waals surface area contributed by atoms with Crippen molar-refractivity contribution in [3.8, 4) is 5.88 Å². The molecule has 1 amide bonds. The molecule has 0 saturated carbocycles. The van der Waals surface area contributed by atoms with Gasteiger partial charge in [0.2, 0.25) is 17.7 Å². The maximum Gasteiger partial charge on any atom is 0.230 e. The van der Waals surface area contributed by atoms with Crippen molar-refractivity contribution >= 4 is 23.5 Å². The minimum Gasteiger partial charge on any atom is -0.472 e. The number of fused-ring (bicyclic) bond motifs is 2. The number of aromatic nitrogens is 4. The molecule has 2 bridgehead atoms. The highest BCUT2D eigenvalue weighted by Gasteiger charge is 2.41. The molecule has 4 atom stereocenters. The van der Waals surface area contributed by atoms with E-state index in [2.05, 4.69) is 32.4 Å².